The third kappa shape index (κ3) is 1.93. The van der Waals surface area contributed by atoms with E-state index < -0.39 is 0 Å². The highest BCUT2D eigenvalue weighted by molar-refractivity contribution is 6.28. The summed E-state index contributed by atoms with van der Waals surface area (Å²) in [5, 5.41) is 0. The van der Waals surface area contributed by atoms with Crippen LogP contribution in [0.25, 0.3) is 0 Å². The molecule has 0 aliphatic carbocycles. The predicted molar refractivity (Wildman–Crippen MR) is 66.6 cm³/mol. The first-order valence-corrected chi connectivity index (χ1v) is 5.46. The number of rotatable bonds is 2. The summed E-state index contributed by atoms with van der Waals surface area (Å²) < 4.78 is 0. The van der Waals surface area contributed by atoms with Crippen LogP contribution in [0.2, 0.25) is 0 Å². The molecule has 0 bridgehead atoms. The van der Waals surface area contributed by atoms with E-state index in [0.29, 0.717) is 17.3 Å². The van der Waals surface area contributed by atoms with E-state index in [2.05, 4.69) is 0 Å². The van der Waals surface area contributed by atoms with Crippen molar-refractivity contribution < 1.29 is 9.59 Å². The second-order valence-electron chi connectivity index (χ2n) is 4.31. The Bertz CT molecular complexity index is 500. The van der Waals surface area contributed by atoms with Gasteiger partial charge in [-0.25, -0.2) is 4.90 Å². The standard InChI is InChI=1S/C13H14N2O2/c1-8(2)10-4-3-9(7-11(10)14)15-12(16)5-6-13(15)17/h3-8H,14H2,1-2H3. The maximum absolute atomic E-state index is 11.5. The van der Waals surface area contributed by atoms with Gasteiger partial charge in [-0.05, 0) is 23.6 Å². The van der Waals surface area contributed by atoms with Gasteiger partial charge in [0.05, 0.1) is 5.69 Å². The van der Waals surface area contributed by atoms with Gasteiger partial charge in [-0.2, -0.15) is 0 Å². The molecule has 88 valence electrons. The van der Waals surface area contributed by atoms with Gasteiger partial charge >= 0.3 is 0 Å². The summed E-state index contributed by atoms with van der Waals surface area (Å²) in [6.45, 7) is 4.08. The lowest BCUT2D eigenvalue weighted by molar-refractivity contribution is -0.119. The van der Waals surface area contributed by atoms with E-state index in [1.165, 1.54) is 12.2 Å². The van der Waals surface area contributed by atoms with Gasteiger partial charge in [0.15, 0.2) is 0 Å². The van der Waals surface area contributed by atoms with Gasteiger partial charge in [0.25, 0.3) is 11.8 Å². The monoisotopic (exact) mass is 230 g/mol. The van der Waals surface area contributed by atoms with Crippen molar-refractivity contribution in [1.82, 2.24) is 0 Å². The van der Waals surface area contributed by atoms with Crippen molar-refractivity contribution >= 4 is 23.2 Å². The van der Waals surface area contributed by atoms with Gasteiger partial charge in [0, 0.05) is 17.8 Å². The summed E-state index contributed by atoms with van der Waals surface area (Å²) in [4.78, 5) is 24.1. The van der Waals surface area contributed by atoms with Crippen LogP contribution in [0.5, 0.6) is 0 Å². The average molecular weight is 230 g/mol. The van der Waals surface area contributed by atoms with E-state index in [1.807, 2.05) is 19.9 Å². The van der Waals surface area contributed by atoms with E-state index in [9.17, 15) is 9.59 Å². The third-order valence-electron chi connectivity index (χ3n) is 2.76. The first-order chi connectivity index (χ1) is 8.00. The van der Waals surface area contributed by atoms with E-state index in [4.69, 9.17) is 5.73 Å². The molecule has 0 unspecified atom stereocenters. The molecule has 4 nitrogen and oxygen atoms in total. The van der Waals surface area contributed by atoms with Crippen LogP contribution in [-0.4, -0.2) is 11.8 Å². The number of benzene rings is 1. The molecule has 0 radical (unpaired) electrons. The van der Waals surface area contributed by atoms with E-state index in [1.54, 1.807) is 12.1 Å². The van der Waals surface area contributed by atoms with Gasteiger partial charge in [0.2, 0.25) is 0 Å². The van der Waals surface area contributed by atoms with Crippen LogP contribution in [0.1, 0.15) is 25.3 Å². The normalized spacial score (nSPS) is 15.1. The lowest BCUT2D eigenvalue weighted by Gasteiger charge is -2.17. The average Bonchev–Trinajstić information content (AvgIpc) is 2.58. The molecule has 0 saturated carbocycles. The Kier molecular flexibility index (Phi) is 2.71. The Hall–Kier alpha value is -2.10. The molecule has 2 N–H and O–H groups in total. The van der Waals surface area contributed by atoms with Crippen LogP contribution in [0, 0.1) is 0 Å². The zero-order valence-corrected chi connectivity index (χ0v) is 9.81. The minimum Gasteiger partial charge on any atom is -0.398 e. The number of nitrogen functional groups attached to an aromatic ring is 1. The minimum absolute atomic E-state index is 0.312. The highest BCUT2D eigenvalue weighted by Crippen LogP contribution is 2.28. The molecule has 0 aromatic heterocycles. The first kappa shape index (κ1) is 11.4. The minimum atomic E-state index is -0.327. The summed E-state index contributed by atoms with van der Waals surface area (Å²) in [7, 11) is 0. The molecule has 2 rings (SSSR count). The molecule has 0 saturated heterocycles. The fourth-order valence-corrected chi connectivity index (χ4v) is 1.88. The van der Waals surface area contributed by atoms with Crippen molar-refractivity contribution in [2.75, 3.05) is 10.6 Å². The van der Waals surface area contributed by atoms with Crippen molar-refractivity contribution in [2.45, 2.75) is 19.8 Å². The molecule has 1 aliphatic heterocycles. The Labute approximate surface area is 99.7 Å². The van der Waals surface area contributed by atoms with Crippen LogP contribution in [0.15, 0.2) is 30.4 Å². The molecule has 2 amide bonds. The quantitative estimate of drug-likeness (QED) is 0.622. The van der Waals surface area contributed by atoms with Crippen molar-refractivity contribution in [3.63, 3.8) is 0 Å². The molecule has 17 heavy (non-hydrogen) atoms. The van der Waals surface area contributed by atoms with E-state index in [0.717, 1.165) is 10.5 Å². The molecule has 0 atom stereocenters. The number of hydrogen-bond donors (Lipinski definition) is 1. The molecular formula is C13H14N2O2. The number of imide groups is 1. The van der Waals surface area contributed by atoms with Gasteiger partial charge < -0.3 is 5.73 Å². The number of nitrogens with two attached hydrogens (primary N) is 1. The molecular weight excluding hydrogens is 216 g/mol. The fraction of sp³-hybridized carbons (Fsp3) is 0.231. The molecule has 1 heterocycles. The largest absolute Gasteiger partial charge is 0.398 e. The fourth-order valence-electron chi connectivity index (χ4n) is 1.88. The topological polar surface area (TPSA) is 63.4 Å². The predicted octanol–water partition coefficient (Wildman–Crippen LogP) is 1.82. The number of hydrogen-bond acceptors (Lipinski definition) is 3. The number of amides is 2. The smallest absolute Gasteiger partial charge is 0.258 e. The summed E-state index contributed by atoms with van der Waals surface area (Å²) in [6, 6.07) is 5.26. The van der Waals surface area contributed by atoms with E-state index in [-0.39, 0.29) is 11.8 Å². The van der Waals surface area contributed by atoms with Crippen LogP contribution in [-0.2, 0) is 9.59 Å². The van der Waals surface area contributed by atoms with Crippen molar-refractivity contribution in [3.05, 3.63) is 35.9 Å². The molecule has 1 aromatic carbocycles. The highest BCUT2D eigenvalue weighted by atomic mass is 16.2. The molecule has 0 fully saturated rings. The van der Waals surface area contributed by atoms with Gasteiger partial charge in [0.1, 0.15) is 0 Å². The van der Waals surface area contributed by atoms with Crippen molar-refractivity contribution in [2.24, 2.45) is 0 Å². The highest BCUT2D eigenvalue weighted by Gasteiger charge is 2.25. The van der Waals surface area contributed by atoms with Crippen molar-refractivity contribution in [1.29, 1.82) is 0 Å². The Balaban J connectivity index is 2.39. The maximum atomic E-state index is 11.5. The second-order valence-corrected chi connectivity index (χ2v) is 4.31. The summed E-state index contributed by atoms with van der Waals surface area (Å²) in [5.74, 6) is -0.342. The molecule has 1 aromatic rings. The van der Waals surface area contributed by atoms with Crippen LogP contribution >= 0.6 is 0 Å². The number of nitrogens with zero attached hydrogens (tertiary/aromatic N) is 1. The lowest BCUT2D eigenvalue weighted by atomic mass is 10.0. The van der Waals surface area contributed by atoms with Crippen LogP contribution < -0.4 is 10.6 Å². The Morgan fingerprint density at radius 1 is 1.12 bits per heavy atom. The number of carbonyl (C=O) groups is 2. The Morgan fingerprint density at radius 2 is 1.71 bits per heavy atom. The van der Waals surface area contributed by atoms with Gasteiger partial charge in [-0.3, -0.25) is 9.59 Å². The number of anilines is 2. The summed E-state index contributed by atoms with van der Waals surface area (Å²) in [6.07, 6.45) is 2.52. The third-order valence-corrected chi connectivity index (χ3v) is 2.76. The zero-order chi connectivity index (χ0) is 12.6. The zero-order valence-electron chi connectivity index (χ0n) is 9.81. The van der Waals surface area contributed by atoms with E-state index >= 15 is 0 Å². The SMILES string of the molecule is CC(C)c1ccc(N2C(=O)C=CC2=O)cc1N. The lowest BCUT2D eigenvalue weighted by Crippen LogP contribution is -2.29. The van der Waals surface area contributed by atoms with Gasteiger partial charge in [-0.15, -0.1) is 0 Å². The number of carbonyl (C=O) groups excluding carboxylic acids is 2. The molecule has 1 aliphatic rings. The van der Waals surface area contributed by atoms with Gasteiger partial charge in [-0.1, -0.05) is 19.9 Å². The van der Waals surface area contributed by atoms with Crippen LogP contribution in [0.4, 0.5) is 11.4 Å². The maximum Gasteiger partial charge on any atom is 0.258 e. The second kappa shape index (κ2) is 4.05. The van der Waals surface area contributed by atoms with Crippen LogP contribution in [0.3, 0.4) is 0 Å². The molecule has 0 spiro atoms. The summed E-state index contributed by atoms with van der Waals surface area (Å²) >= 11 is 0. The summed E-state index contributed by atoms with van der Waals surface area (Å²) in [5.41, 5.74) is 8.05. The van der Waals surface area contributed by atoms with Crippen molar-refractivity contribution in [3.8, 4) is 0 Å². The Morgan fingerprint density at radius 3 is 2.18 bits per heavy atom. The first-order valence-electron chi connectivity index (χ1n) is 5.46. The molecule has 4 heteroatoms.